The van der Waals surface area contributed by atoms with Crippen LogP contribution in [0.3, 0.4) is 0 Å². The fourth-order valence-corrected chi connectivity index (χ4v) is 6.02. The maximum atomic E-state index is 13.3. The van der Waals surface area contributed by atoms with Gasteiger partial charge in [0.2, 0.25) is 11.8 Å². The fourth-order valence-electron chi connectivity index (χ4n) is 4.95. The summed E-state index contributed by atoms with van der Waals surface area (Å²) < 4.78 is 1.06. The van der Waals surface area contributed by atoms with E-state index in [4.69, 9.17) is 0 Å². The van der Waals surface area contributed by atoms with E-state index >= 15 is 0 Å². The van der Waals surface area contributed by atoms with Gasteiger partial charge >= 0.3 is 0 Å². The molecule has 178 valence electrons. The van der Waals surface area contributed by atoms with E-state index in [0.717, 1.165) is 56.3 Å². The molecule has 1 atom stereocenters. The Morgan fingerprint density at radius 2 is 1.82 bits per heavy atom. The summed E-state index contributed by atoms with van der Waals surface area (Å²) in [5, 5.41) is 5.30. The molecule has 0 aliphatic carbocycles. The molecule has 7 heteroatoms. The largest absolute Gasteiger partial charge is 0.348 e. The molecule has 2 saturated heterocycles. The van der Waals surface area contributed by atoms with Crippen molar-refractivity contribution >= 4 is 39.1 Å². The second kappa shape index (κ2) is 10.7. The molecule has 0 bridgehead atoms. The Morgan fingerprint density at radius 1 is 1.12 bits per heavy atom. The molecule has 5 nitrogen and oxygen atoms in total. The molecule has 2 aliphatic heterocycles. The molecule has 1 spiro atoms. The second-order valence-corrected chi connectivity index (χ2v) is 11.6. The number of likely N-dealkylation sites (tertiary alicyclic amines) is 2. The zero-order valence-corrected chi connectivity index (χ0v) is 22.0. The third-order valence-electron chi connectivity index (χ3n) is 7.16. The summed E-state index contributed by atoms with van der Waals surface area (Å²) in [6, 6.07) is 12.5. The highest BCUT2D eigenvalue weighted by Crippen LogP contribution is 2.42. The lowest BCUT2D eigenvalue weighted by Crippen LogP contribution is -2.45. The summed E-state index contributed by atoms with van der Waals surface area (Å²) in [7, 11) is 0. The van der Waals surface area contributed by atoms with Gasteiger partial charge in [-0.25, -0.2) is 0 Å². The topological polar surface area (TPSA) is 52.7 Å². The lowest BCUT2D eigenvalue weighted by molar-refractivity contribution is -0.139. The summed E-state index contributed by atoms with van der Waals surface area (Å²) in [4.78, 5) is 31.4. The van der Waals surface area contributed by atoms with Crippen molar-refractivity contribution in [3.8, 4) is 0 Å². The molecule has 1 aromatic carbocycles. The van der Waals surface area contributed by atoms with Crippen molar-refractivity contribution in [3.63, 3.8) is 0 Å². The Hall–Kier alpha value is -1.70. The van der Waals surface area contributed by atoms with Crippen LogP contribution >= 0.6 is 27.3 Å². The monoisotopic (exact) mass is 531 g/mol. The highest BCUT2D eigenvalue weighted by Gasteiger charge is 2.47. The predicted octanol–water partition coefficient (Wildman–Crippen LogP) is 5.23. The van der Waals surface area contributed by atoms with E-state index in [2.05, 4.69) is 49.7 Å². The van der Waals surface area contributed by atoms with Gasteiger partial charge in [0.15, 0.2) is 0 Å². The normalized spacial score (nSPS) is 19.4. The van der Waals surface area contributed by atoms with Crippen LogP contribution in [0.15, 0.2) is 46.3 Å². The number of hydrogen-bond acceptors (Lipinski definition) is 4. The first-order valence-electron chi connectivity index (χ1n) is 12.0. The molecule has 1 N–H and O–H groups in total. The molecule has 4 rings (SSSR count). The van der Waals surface area contributed by atoms with Crippen molar-refractivity contribution in [1.29, 1.82) is 0 Å². The van der Waals surface area contributed by atoms with Crippen molar-refractivity contribution in [2.45, 2.75) is 52.1 Å². The van der Waals surface area contributed by atoms with E-state index < -0.39 is 0 Å². The molecule has 2 amide bonds. The summed E-state index contributed by atoms with van der Waals surface area (Å²) in [5.74, 6) is 0.426. The standard InChI is InChI=1S/C26H34BrN3O2S/c1-19(2)24(31)28-22(23-4-3-17-33-23)9-13-29-14-10-26(11-15-29)12-16-30(25(26)32)18-20-5-7-21(27)8-6-20/h3-8,17,19,22H,9-16,18H2,1-2H3,(H,28,31). The molecule has 1 aromatic heterocycles. The van der Waals surface area contributed by atoms with Gasteiger partial charge in [0.05, 0.1) is 11.5 Å². The number of carbonyl (C=O) groups excluding carboxylic acids is 2. The molecule has 2 fully saturated rings. The highest BCUT2D eigenvalue weighted by atomic mass is 79.9. The number of nitrogens with zero attached hydrogens (tertiary/aromatic N) is 2. The zero-order chi connectivity index (χ0) is 23.4. The molecule has 0 radical (unpaired) electrons. The average Bonchev–Trinajstić information content (AvgIpc) is 3.44. The van der Waals surface area contributed by atoms with Gasteiger partial charge < -0.3 is 15.1 Å². The molecular weight excluding hydrogens is 498 g/mol. The van der Waals surface area contributed by atoms with E-state index in [1.807, 2.05) is 36.9 Å². The van der Waals surface area contributed by atoms with E-state index in [0.29, 0.717) is 12.5 Å². The van der Waals surface area contributed by atoms with Crippen molar-refractivity contribution in [2.24, 2.45) is 11.3 Å². The molecule has 1 unspecified atom stereocenters. The summed E-state index contributed by atoms with van der Waals surface area (Å²) >= 11 is 5.18. The first-order chi connectivity index (χ1) is 15.9. The number of benzene rings is 1. The van der Waals surface area contributed by atoms with Crippen LogP contribution < -0.4 is 5.32 Å². The van der Waals surface area contributed by atoms with E-state index in [1.165, 1.54) is 10.4 Å². The quantitative estimate of drug-likeness (QED) is 0.507. The van der Waals surface area contributed by atoms with Gasteiger partial charge in [-0.2, -0.15) is 0 Å². The van der Waals surface area contributed by atoms with E-state index in [9.17, 15) is 9.59 Å². The lowest BCUT2D eigenvalue weighted by atomic mass is 9.77. The highest BCUT2D eigenvalue weighted by molar-refractivity contribution is 9.10. The van der Waals surface area contributed by atoms with Crippen LogP contribution in [0, 0.1) is 11.3 Å². The SMILES string of the molecule is CC(C)C(=O)NC(CCN1CCC2(CC1)CCN(Cc1ccc(Br)cc1)C2=O)c1cccs1. The number of thiophene rings is 1. The average molecular weight is 533 g/mol. The Bertz CT molecular complexity index is 937. The third kappa shape index (κ3) is 5.87. The second-order valence-electron chi connectivity index (χ2n) is 9.75. The Kier molecular flexibility index (Phi) is 7.92. The van der Waals surface area contributed by atoms with Gasteiger partial charge in [0.25, 0.3) is 0 Å². The number of halogens is 1. The Balaban J connectivity index is 1.29. The minimum absolute atomic E-state index is 0.0176. The number of amides is 2. The maximum Gasteiger partial charge on any atom is 0.229 e. The molecule has 3 heterocycles. The van der Waals surface area contributed by atoms with Gasteiger partial charge in [-0.05, 0) is 67.9 Å². The van der Waals surface area contributed by atoms with Crippen molar-refractivity contribution < 1.29 is 9.59 Å². The number of rotatable bonds is 8. The van der Waals surface area contributed by atoms with Gasteiger partial charge in [-0.15, -0.1) is 11.3 Å². The van der Waals surface area contributed by atoms with Crippen LogP contribution in [0.25, 0.3) is 0 Å². The Labute approximate surface area is 209 Å². The first kappa shape index (κ1) is 24.4. The minimum atomic E-state index is -0.176. The smallest absolute Gasteiger partial charge is 0.229 e. The van der Waals surface area contributed by atoms with E-state index in [-0.39, 0.29) is 23.3 Å². The predicted molar refractivity (Wildman–Crippen MR) is 137 cm³/mol. The van der Waals surface area contributed by atoms with Crippen LogP contribution in [-0.4, -0.2) is 47.8 Å². The van der Waals surface area contributed by atoms with Crippen molar-refractivity contribution in [1.82, 2.24) is 15.1 Å². The van der Waals surface area contributed by atoms with Crippen molar-refractivity contribution in [3.05, 3.63) is 56.7 Å². The maximum absolute atomic E-state index is 13.3. The van der Waals surface area contributed by atoms with Gasteiger partial charge in [0, 0.05) is 34.9 Å². The summed E-state index contributed by atoms with van der Waals surface area (Å²) in [5.41, 5.74) is 1.01. The lowest BCUT2D eigenvalue weighted by Gasteiger charge is -2.38. The molecule has 33 heavy (non-hydrogen) atoms. The van der Waals surface area contributed by atoms with Gasteiger partial charge in [-0.3, -0.25) is 9.59 Å². The molecule has 0 saturated carbocycles. The third-order valence-corrected chi connectivity index (χ3v) is 8.68. The van der Waals surface area contributed by atoms with Gasteiger partial charge in [-0.1, -0.05) is 48.0 Å². The Morgan fingerprint density at radius 3 is 2.45 bits per heavy atom. The summed E-state index contributed by atoms with van der Waals surface area (Å²) in [6.45, 7) is 8.27. The van der Waals surface area contributed by atoms with Crippen LogP contribution in [0.2, 0.25) is 0 Å². The fraction of sp³-hybridized carbons (Fsp3) is 0.538. The van der Waals surface area contributed by atoms with Crippen molar-refractivity contribution in [2.75, 3.05) is 26.2 Å². The first-order valence-corrected chi connectivity index (χ1v) is 13.6. The number of hydrogen-bond donors (Lipinski definition) is 1. The number of carbonyl (C=O) groups is 2. The summed E-state index contributed by atoms with van der Waals surface area (Å²) in [6.07, 6.45) is 3.74. The number of nitrogens with one attached hydrogen (secondary N) is 1. The molecular formula is C26H34BrN3O2S. The van der Waals surface area contributed by atoms with Crippen LogP contribution in [0.5, 0.6) is 0 Å². The minimum Gasteiger partial charge on any atom is -0.348 e. The van der Waals surface area contributed by atoms with Gasteiger partial charge in [0.1, 0.15) is 0 Å². The molecule has 2 aromatic rings. The number of piperidine rings is 1. The van der Waals surface area contributed by atoms with Crippen LogP contribution in [0.4, 0.5) is 0 Å². The van der Waals surface area contributed by atoms with Crippen LogP contribution in [-0.2, 0) is 16.1 Å². The van der Waals surface area contributed by atoms with Crippen LogP contribution in [0.1, 0.15) is 56.0 Å². The zero-order valence-electron chi connectivity index (χ0n) is 19.6. The van der Waals surface area contributed by atoms with E-state index in [1.54, 1.807) is 11.3 Å². The molecule has 2 aliphatic rings.